The predicted octanol–water partition coefficient (Wildman–Crippen LogP) is 4.22. The number of rotatable bonds is 14. The maximum atomic E-state index is 11.5. The van der Waals surface area contributed by atoms with Gasteiger partial charge in [0.15, 0.2) is 0 Å². The molecule has 142 valence electrons. The molecule has 2 N–H and O–H groups in total. The summed E-state index contributed by atoms with van der Waals surface area (Å²) in [6.45, 7) is 1.55. The number of aliphatic hydroxyl groups excluding tert-OH is 2. The summed E-state index contributed by atoms with van der Waals surface area (Å²) in [6, 6.07) is 0. The number of allylic oxidation sites excluding steroid dienone is 3. The molecule has 0 amide bonds. The highest BCUT2D eigenvalue weighted by Gasteiger charge is 2.19. The van der Waals surface area contributed by atoms with Crippen LogP contribution in [0.2, 0.25) is 0 Å². The van der Waals surface area contributed by atoms with Gasteiger partial charge in [-0.25, -0.2) is 0 Å². The Hall–Kier alpha value is -1.35. The maximum Gasteiger partial charge on any atom is 0.306 e. The van der Waals surface area contributed by atoms with Gasteiger partial charge in [0.05, 0.1) is 13.2 Å². The van der Waals surface area contributed by atoms with Crippen LogP contribution in [0, 0.1) is 0 Å². The lowest BCUT2D eigenvalue weighted by Gasteiger charge is -2.12. The Bertz CT molecular complexity index is 468. The van der Waals surface area contributed by atoms with E-state index in [2.05, 4.69) is 24.8 Å². The van der Waals surface area contributed by atoms with Crippen LogP contribution in [0.15, 0.2) is 29.0 Å². The average Bonchev–Trinajstić information content (AvgIpc) is 3.37. The molecule has 4 heteroatoms. The molecule has 4 nitrogen and oxygen atoms in total. The van der Waals surface area contributed by atoms with Crippen molar-refractivity contribution in [3.05, 3.63) is 29.0 Å². The van der Waals surface area contributed by atoms with E-state index in [1.54, 1.807) is 0 Å². The van der Waals surface area contributed by atoms with Crippen molar-refractivity contribution in [2.75, 3.05) is 13.2 Å². The molecule has 0 atom stereocenters. The number of hydrogen-bond acceptors (Lipinski definition) is 4. The van der Waals surface area contributed by atoms with Crippen LogP contribution in [-0.4, -0.2) is 35.5 Å². The molecule has 0 radical (unpaired) electrons. The van der Waals surface area contributed by atoms with Gasteiger partial charge in [-0.05, 0) is 43.8 Å². The van der Waals surface area contributed by atoms with Gasteiger partial charge in [0.25, 0.3) is 0 Å². The molecule has 0 aliphatic heterocycles. The number of aliphatic hydroxyl groups is 2. The molecule has 0 aromatic heterocycles. The molecular weight excluding hydrogens is 316 g/mol. The molecule has 0 saturated heterocycles. The molecule has 0 bridgehead atoms. The second kappa shape index (κ2) is 13.9. The smallest absolute Gasteiger partial charge is 0.306 e. The molecule has 0 aromatic carbocycles. The molecule has 0 heterocycles. The minimum Gasteiger partial charge on any atom is -0.457 e. The second-order valence-corrected chi connectivity index (χ2v) is 6.66. The minimum absolute atomic E-state index is 0.330. The van der Waals surface area contributed by atoms with E-state index >= 15 is 0 Å². The van der Waals surface area contributed by atoms with Crippen molar-refractivity contribution in [1.29, 1.82) is 0 Å². The van der Waals surface area contributed by atoms with Crippen LogP contribution in [0.3, 0.4) is 0 Å². The van der Waals surface area contributed by atoms with E-state index in [4.69, 9.17) is 14.9 Å². The fourth-order valence-corrected chi connectivity index (χ4v) is 2.58. The molecule has 1 saturated carbocycles. The van der Waals surface area contributed by atoms with Gasteiger partial charge in [0.2, 0.25) is 0 Å². The Balaban J connectivity index is 1.97. The van der Waals surface area contributed by atoms with E-state index in [0.717, 1.165) is 38.5 Å². The second-order valence-electron chi connectivity index (χ2n) is 6.66. The van der Waals surface area contributed by atoms with Gasteiger partial charge in [-0.15, -0.1) is 5.73 Å². The van der Waals surface area contributed by atoms with E-state index in [1.165, 1.54) is 36.8 Å². The summed E-state index contributed by atoms with van der Waals surface area (Å²) in [7, 11) is 0. The molecule has 1 aliphatic carbocycles. The maximum absolute atomic E-state index is 11.5. The lowest BCUT2D eigenvalue weighted by molar-refractivity contribution is -0.153. The van der Waals surface area contributed by atoms with Gasteiger partial charge < -0.3 is 14.9 Å². The van der Waals surface area contributed by atoms with Crippen LogP contribution in [0.5, 0.6) is 0 Å². The average molecular weight is 350 g/mol. The third kappa shape index (κ3) is 11.0. The van der Waals surface area contributed by atoms with E-state index in [-0.39, 0.29) is 19.2 Å². The van der Waals surface area contributed by atoms with Crippen LogP contribution in [0.4, 0.5) is 0 Å². The highest BCUT2D eigenvalue weighted by atomic mass is 16.6. The summed E-state index contributed by atoms with van der Waals surface area (Å²) in [6.07, 6.45) is 15.3. The molecule has 0 unspecified atom stereocenters. The first-order chi connectivity index (χ1) is 12.2. The topological polar surface area (TPSA) is 66.8 Å². The zero-order valence-corrected chi connectivity index (χ0v) is 15.6. The lowest BCUT2D eigenvalue weighted by Crippen LogP contribution is -2.25. The van der Waals surface area contributed by atoms with Crippen molar-refractivity contribution in [2.24, 2.45) is 0 Å². The number of hydrogen-bond donors (Lipinski definition) is 2. The quantitative estimate of drug-likeness (QED) is 0.280. The van der Waals surface area contributed by atoms with Gasteiger partial charge in [-0.1, -0.05) is 38.7 Å². The predicted molar refractivity (Wildman–Crippen MR) is 100 cm³/mol. The highest BCUT2D eigenvalue weighted by molar-refractivity contribution is 5.69. The van der Waals surface area contributed by atoms with Gasteiger partial charge in [-0.2, -0.15) is 0 Å². The number of carbonyl (C=O) groups excluding carboxylic acids is 1. The molecule has 25 heavy (non-hydrogen) atoms. The Morgan fingerprint density at radius 1 is 1.12 bits per heavy atom. The van der Waals surface area contributed by atoms with E-state index in [1.807, 2.05) is 0 Å². The molecule has 0 aromatic rings. The standard InChI is InChI=1S/C21H34O4/c1-2-3-4-9-12-18-15-19(18)13-10-7-5-6-8-11-14-21(24)25-20(16-22)17-23/h9,13,20,22-23H,2-8,10-11,14-17H2,1H3/b19-13-. The number of ether oxygens (including phenoxy) is 1. The molecular formula is C21H34O4. The van der Waals surface area contributed by atoms with Crippen LogP contribution in [-0.2, 0) is 9.53 Å². The Kier molecular flexibility index (Phi) is 12.0. The first-order valence-corrected chi connectivity index (χ1v) is 9.75. The molecule has 0 spiro atoms. The van der Waals surface area contributed by atoms with Crippen molar-refractivity contribution < 1.29 is 19.7 Å². The van der Waals surface area contributed by atoms with Crippen molar-refractivity contribution in [2.45, 2.75) is 83.7 Å². The first kappa shape index (κ1) is 21.7. The van der Waals surface area contributed by atoms with Gasteiger partial charge in [0, 0.05) is 18.4 Å². The molecule has 1 rings (SSSR count). The van der Waals surface area contributed by atoms with Crippen molar-refractivity contribution >= 4 is 5.97 Å². The summed E-state index contributed by atoms with van der Waals surface area (Å²) < 4.78 is 4.92. The minimum atomic E-state index is -0.775. The van der Waals surface area contributed by atoms with Crippen LogP contribution >= 0.6 is 0 Å². The Labute approximate surface area is 152 Å². The fourth-order valence-electron chi connectivity index (χ4n) is 2.58. The van der Waals surface area contributed by atoms with E-state index < -0.39 is 6.10 Å². The summed E-state index contributed by atoms with van der Waals surface area (Å²) in [4.78, 5) is 11.5. The Morgan fingerprint density at radius 3 is 2.56 bits per heavy atom. The largest absolute Gasteiger partial charge is 0.457 e. The van der Waals surface area contributed by atoms with E-state index in [9.17, 15) is 4.79 Å². The lowest BCUT2D eigenvalue weighted by atomic mass is 10.1. The van der Waals surface area contributed by atoms with E-state index in [0.29, 0.717) is 6.42 Å². The van der Waals surface area contributed by atoms with Gasteiger partial charge in [0.1, 0.15) is 6.10 Å². The third-order valence-corrected chi connectivity index (χ3v) is 4.29. The SMILES string of the molecule is CCCCC=C=C1C/C1=C/CCCCCCCC(=O)OC(CO)CO. The number of unbranched alkanes of at least 4 members (excludes halogenated alkanes) is 7. The van der Waals surface area contributed by atoms with Crippen molar-refractivity contribution in [1.82, 2.24) is 0 Å². The normalized spacial score (nSPS) is 14.7. The zero-order valence-electron chi connectivity index (χ0n) is 15.6. The zero-order chi connectivity index (χ0) is 18.3. The number of esters is 1. The highest BCUT2D eigenvalue weighted by Crippen LogP contribution is 2.36. The Morgan fingerprint density at radius 2 is 1.84 bits per heavy atom. The molecule has 1 fully saturated rings. The fraction of sp³-hybridized carbons (Fsp3) is 0.714. The summed E-state index contributed by atoms with van der Waals surface area (Å²) in [5, 5.41) is 17.7. The van der Waals surface area contributed by atoms with Crippen LogP contribution < -0.4 is 0 Å². The third-order valence-electron chi connectivity index (χ3n) is 4.29. The summed E-state index contributed by atoms with van der Waals surface area (Å²) in [5.41, 5.74) is 6.25. The summed E-state index contributed by atoms with van der Waals surface area (Å²) in [5.74, 6) is -0.335. The van der Waals surface area contributed by atoms with Crippen LogP contribution in [0.1, 0.15) is 77.6 Å². The summed E-state index contributed by atoms with van der Waals surface area (Å²) >= 11 is 0. The molecule has 1 aliphatic rings. The van der Waals surface area contributed by atoms with Gasteiger partial charge in [-0.3, -0.25) is 4.79 Å². The van der Waals surface area contributed by atoms with Crippen molar-refractivity contribution in [3.8, 4) is 0 Å². The first-order valence-electron chi connectivity index (χ1n) is 9.75. The van der Waals surface area contributed by atoms with Crippen LogP contribution in [0.25, 0.3) is 0 Å². The monoisotopic (exact) mass is 350 g/mol. The number of carbonyl (C=O) groups is 1. The van der Waals surface area contributed by atoms with Gasteiger partial charge >= 0.3 is 5.97 Å². The van der Waals surface area contributed by atoms with Crippen molar-refractivity contribution in [3.63, 3.8) is 0 Å².